The van der Waals surface area contributed by atoms with E-state index in [4.69, 9.17) is 14.0 Å². The first kappa shape index (κ1) is 18.9. The van der Waals surface area contributed by atoms with Crippen LogP contribution in [0.15, 0.2) is 53.2 Å². The number of aryl methyl sites for hydroxylation is 1. The predicted molar refractivity (Wildman–Crippen MR) is 90.1 cm³/mol. The maximum atomic E-state index is 12.6. The van der Waals surface area contributed by atoms with Crippen molar-refractivity contribution >= 4 is 0 Å². The van der Waals surface area contributed by atoms with Gasteiger partial charge in [0.05, 0.1) is 11.3 Å². The normalized spacial score (nSPS) is 12.8. The van der Waals surface area contributed by atoms with Crippen LogP contribution in [-0.4, -0.2) is 17.3 Å². The molecule has 0 bridgehead atoms. The van der Waals surface area contributed by atoms with Crippen molar-refractivity contribution in [2.24, 2.45) is 0 Å². The molecule has 8 heteroatoms. The maximum absolute atomic E-state index is 12.6. The molecule has 142 valence electrons. The van der Waals surface area contributed by atoms with Crippen LogP contribution in [0.1, 0.15) is 34.2 Å². The first-order valence-electron chi connectivity index (χ1n) is 8.08. The van der Waals surface area contributed by atoms with Crippen molar-refractivity contribution in [2.45, 2.75) is 25.8 Å². The molecule has 5 nitrogen and oxygen atoms in total. The first-order valence-corrected chi connectivity index (χ1v) is 8.08. The number of ether oxygens (including phenoxy) is 2. The number of alkyl halides is 3. The van der Waals surface area contributed by atoms with Crippen molar-refractivity contribution in [3.63, 3.8) is 0 Å². The zero-order valence-electron chi connectivity index (χ0n) is 14.7. The van der Waals surface area contributed by atoms with Gasteiger partial charge in [-0.15, -0.1) is 0 Å². The molecule has 0 fully saturated rings. The Morgan fingerprint density at radius 3 is 2.52 bits per heavy atom. The van der Waals surface area contributed by atoms with Gasteiger partial charge in [0.1, 0.15) is 12.7 Å². The highest BCUT2D eigenvalue weighted by Crippen LogP contribution is 2.31. The molecular formula is C19H17F3N2O3. The summed E-state index contributed by atoms with van der Waals surface area (Å²) in [5, 5.41) is 3.87. The molecular weight excluding hydrogens is 361 g/mol. The van der Waals surface area contributed by atoms with Crippen molar-refractivity contribution in [1.29, 1.82) is 0 Å². The van der Waals surface area contributed by atoms with Crippen molar-refractivity contribution in [1.82, 2.24) is 10.1 Å². The van der Waals surface area contributed by atoms with Crippen molar-refractivity contribution < 1.29 is 27.2 Å². The van der Waals surface area contributed by atoms with Gasteiger partial charge in [0, 0.05) is 25.4 Å². The van der Waals surface area contributed by atoms with Gasteiger partial charge in [-0.2, -0.15) is 13.2 Å². The molecule has 3 aromatic rings. The number of rotatable bonds is 6. The van der Waals surface area contributed by atoms with E-state index in [2.05, 4.69) is 10.1 Å². The molecule has 0 aliphatic heterocycles. The Hall–Kier alpha value is -2.87. The van der Waals surface area contributed by atoms with Crippen LogP contribution in [0, 0.1) is 6.92 Å². The van der Waals surface area contributed by atoms with Gasteiger partial charge in [-0.05, 0) is 24.1 Å². The molecule has 0 aliphatic carbocycles. The number of benzene rings is 1. The van der Waals surface area contributed by atoms with E-state index in [0.29, 0.717) is 5.76 Å². The molecule has 0 saturated heterocycles. The second-order valence-corrected chi connectivity index (χ2v) is 5.86. The van der Waals surface area contributed by atoms with Gasteiger partial charge in [0.15, 0.2) is 5.76 Å². The van der Waals surface area contributed by atoms with Crippen LogP contribution in [0.3, 0.4) is 0 Å². The third kappa shape index (κ3) is 4.46. The minimum absolute atomic E-state index is 0.0993. The lowest BCUT2D eigenvalue weighted by atomic mass is 10.0. The molecule has 1 aromatic carbocycles. The monoisotopic (exact) mass is 378 g/mol. The van der Waals surface area contributed by atoms with Crippen molar-refractivity contribution in [2.75, 3.05) is 7.11 Å². The van der Waals surface area contributed by atoms with Crippen LogP contribution in [0.4, 0.5) is 13.2 Å². The van der Waals surface area contributed by atoms with Gasteiger partial charge in [0.2, 0.25) is 5.88 Å². The summed E-state index contributed by atoms with van der Waals surface area (Å²) >= 11 is 0. The molecule has 1 atom stereocenters. The zero-order valence-corrected chi connectivity index (χ0v) is 14.7. The molecule has 0 aliphatic rings. The quantitative estimate of drug-likeness (QED) is 0.622. The Balaban J connectivity index is 1.78. The second kappa shape index (κ2) is 7.79. The third-order valence-electron chi connectivity index (χ3n) is 3.92. The Bertz CT molecular complexity index is 892. The molecule has 0 spiro atoms. The molecule has 3 rings (SSSR count). The number of nitrogens with zero attached hydrogens (tertiary/aromatic N) is 2. The van der Waals surface area contributed by atoms with Crippen LogP contribution in [-0.2, 0) is 17.5 Å². The molecule has 0 N–H and O–H groups in total. The molecule has 0 amide bonds. The first-order chi connectivity index (χ1) is 12.9. The fourth-order valence-corrected chi connectivity index (χ4v) is 2.61. The smallest absolute Gasteiger partial charge is 0.417 e. The minimum atomic E-state index is -4.43. The summed E-state index contributed by atoms with van der Waals surface area (Å²) in [5.74, 6) is 0.650. The van der Waals surface area contributed by atoms with Crippen LogP contribution < -0.4 is 4.74 Å². The minimum Gasteiger partial charge on any atom is -0.473 e. The summed E-state index contributed by atoms with van der Waals surface area (Å²) in [4.78, 5) is 3.71. The van der Waals surface area contributed by atoms with E-state index in [1.54, 1.807) is 13.2 Å². The van der Waals surface area contributed by atoms with Gasteiger partial charge in [-0.3, -0.25) is 0 Å². The number of pyridine rings is 1. The highest BCUT2D eigenvalue weighted by molar-refractivity contribution is 5.33. The van der Waals surface area contributed by atoms with Gasteiger partial charge in [0.25, 0.3) is 0 Å². The molecule has 27 heavy (non-hydrogen) atoms. The number of methoxy groups -OCH3 is 1. The Kier molecular flexibility index (Phi) is 5.46. The summed E-state index contributed by atoms with van der Waals surface area (Å²) in [6.45, 7) is 1.92. The van der Waals surface area contributed by atoms with Gasteiger partial charge >= 0.3 is 6.18 Å². The second-order valence-electron chi connectivity index (χ2n) is 5.86. The van der Waals surface area contributed by atoms with E-state index in [-0.39, 0.29) is 12.5 Å². The lowest BCUT2D eigenvalue weighted by molar-refractivity contribution is -0.137. The Morgan fingerprint density at radius 1 is 1.15 bits per heavy atom. The largest absolute Gasteiger partial charge is 0.473 e. The van der Waals surface area contributed by atoms with E-state index < -0.39 is 17.8 Å². The van der Waals surface area contributed by atoms with E-state index in [1.807, 2.05) is 31.2 Å². The van der Waals surface area contributed by atoms with Gasteiger partial charge in [-0.25, -0.2) is 4.98 Å². The summed E-state index contributed by atoms with van der Waals surface area (Å²) in [6.07, 6.45) is -4.17. The SMILES string of the molecule is COC(c1cc(C)no1)c1ccccc1COc1ccc(C(F)(F)F)cn1. The topological polar surface area (TPSA) is 57.4 Å². The van der Waals surface area contributed by atoms with Crippen LogP contribution in [0.5, 0.6) is 5.88 Å². The third-order valence-corrected chi connectivity index (χ3v) is 3.92. The molecule has 0 saturated carbocycles. The maximum Gasteiger partial charge on any atom is 0.417 e. The van der Waals surface area contributed by atoms with Crippen LogP contribution >= 0.6 is 0 Å². The van der Waals surface area contributed by atoms with Crippen molar-refractivity contribution in [3.05, 3.63) is 76.8 Å². The van der Waals surface area contributed by atoms with E-state index in [9.17, 15) is 13.2 Å². The molecule has 1 unspecified atom stereocenters. The standard InChI is InChI=1S/C19H17F3N2O3/c1-12-9-16(27-24-12)18(25-2)15-6-4-3-5-13(15)11-26-17-8-7-14(10-23-17)19(20,21)22/h3-10,18H,11H2,1-2H3. The number of halogens is 3. The predicted octanol–water partition coefficient (Wildman–Crippen LogP) is 4.71. The summed E-state index contributed by atoms with van der Waals surface area (Å²) in [7, 11) is 1.55. The lowest BCUT2D eigenvalue weighted by Crippen LogP contribution is -2.09. The lowest BCUT2D eigenvalue weighted by Gasteiger charge is -2.17. The molecule has 2 heterocycles. The number of hydrogen-bond donors (Lipinski definition) is 0. The average Bonchev–Trinajstić information content (AvgIpc) is 3.07. The molecule has 2 aromatic heterocycles. The highest BCUT2D eigenvalue weighted by atomic mass is 19.4. The van der Waals surface area contributed by atoms with E-state index in [1.165, 1.54) is 6.07 Å². The van der Waals surface area contributed by atoms with Gasteiger partial charge < -0.3 is 14.0 Å². The van der Waals surface area contributed by atoms with E-state index >= 15 is 0 Å². The van der Waals surface area contributed by atoms with E-state index in [0.717, 1.165) is 29.1 Å². The van der Waals surface area contributed by atoms with Crippen molar-refractivity contribution in [3.8, 4) is 5.88 Å². The average molecular weight is 378 g/mol. The van der Waals surface area contributed by atoms with Crippen LogP contribution in [0.25, 0.3) is 0 Å². The molecule has 0 radical (unpaired) electrons. The highest BCUT2D eigenvalue weighted by Gasteiger charge is 2.30. The zero-order chi connectivity index (χ0) is 19.4. The number of hydrogen-bond acceptors (Lipinski definition) is 5. The fraction of sp³-hybridized carbons (Fsp3) is 0.263. The summed E-state index contributed by atoms with van der Waals surface area (Å²) in [6, 6.07) is 11.3. The Morgan fingerprint density at radius 2 is 1.93 bits per heavy atom. The summed E-state index contributed by atoms with van der Waals surface area (Å²) < 4.78 is 54.2. The van der Waals surface area contributed by atoms with Gasteiger partial charge in [-0.1, -0.05) is 29.4 Å². The number of aromatic nitrogens is 2. The fourth-order valence-electron chi connectivity index (χ4n) is 2.61. The van der Waals surface area contributed by atoms with Crippen LogP contribution in [0.2, 0.25) is 0 Å². The Labute approximate surface area is 153 Å². The summed E-state index contributed by atoms with van der Waals surface area (Å²) in [5.41, 5.74) is 1.51.